The van der Waals surface area contributed by atoms with Crippen molar-refractivity contribution in [1.29, 1.82) is 0 Å². The van der Waals surface area contributed by atoms with Crippen LogP contribution >= 0.6 is 7.82 Å². The summed E-state index contributed by atoms with van der Waals surface area (Å²) >= 11 is 0. The van der Waals surface area contributed by atoms with E-state index in [0.29, 0.717) is 25.5 Å². The zero-order chi connectivity index (χ0) is 22.2. The first-order valence-corrected chi connectivity index (χ1v) is 12.3. The summed E-state index contributed by atoms with van der Waals surface area (Å²) in [4.78, 5) is 2.39. The van der Waals surface area contributed by atoms with Gasteiger partial charge in [0.05, 0.1) is 19.8 Å². The van der Waals surface area contributed by atoms with Gasteiger partial charge in [-0.15, -0.1) is 0 Å². The van der Waals surface area contributed by atoms with E-state index in [-0.39, 0.29) is 13.2 Å². The molecule has 0 bridgehead atoms. The van der Waals surface area contributed by atoms with Crippen LogP contribution in [0, 0.1) is 0 Å². The number of nitrogens with zero attached hydrogens (tertiary/aromatic N) is 1. The minimum Gasteiger partial charge on any atom is -0.382 e. The molecule has 2 aromatic carbocycles. The van der Waals surface area contributed by atoms with Crippen molar-refractivity contribution < 1.29 is 22.9 Å². The highest BCUT2D eigenvalue weighted by Gasteiger charge is 2.44. The molecule has 0 saturated carbocycles. The lowest BCUT2D eigenvalue weighted by molar-refractivity contribution is -0.0792. The van der Waals surface area contributed by atoms with E-state index in [2.05, 4.69) is 18.7 Å². The Hall–Kier alpha value is -1.53. The van der Waals surface area contributed by atoms with E-state index in [1.807, 2.05) is 60.7 Å². The largest absolute Gasteiger partial charge is 0.476 e. The Labute approximate surface area is 186 Å². The fraction of sp³-hybridized carbons (Fsp3) is 0.500. The second kappa shape index (κ2) is 11.4. The molecule has 0 N–H and O–H groups in total. The fourth-order valence-corrected chi connectivity index (χ4v) is 5.26. The standard InChI is InChI=1S/C24H34NO5P/c1-21(2)25-16-14-24(15-17-25,20-27-3)30-31(26,28-18-22-10-6-4-7-11-22)29-19-23-12-8-5-9-13-23/h4-13,21H,14-20H2,1-3H3. The van der Waals surface area contributed by atoms with Gasteiger partial charge in [0.25, 0.3) is 0 Å². The molecular weight excluding hydrogens is 413 g/mol. The summed E-state index contributed by atoms with van der Waals surface area (Å²) < 4.78 is 37.2. The molecule has 0 atom stereocenters. The number of phosphoric ester groups is 1. The van der Waals surface area contributed by atoms with Crippen molar-refractivity contribution in [2.75, 3.05) is 26.8 Å². The van der Waals surface area contributed by atoms with Gasteiger partial charge in [0, 0.05) is 26.2 Å². The average Bonchev–Trinajstić information content (AvgIpc) is 2.78. The molecule has 0 amide bonds. The van der Waals surface area contributed by atoms with Crippen LogP contribution < -0.4 is 0 Å². The van der Waals surface area contributed by atoms with E-state index in [1.54, 1.807) is 7.11 Å². The predicted octanol–water partition coefficient (Wildman–Crippen LogP) is 5.43. The summed E-state index contributed by atoms with van der Waals surface area (Å²) in [5.74, 6) is 0. The fourth-order valence-electron chi connectivity index (χ4n) is 3.76. The molecule has 0 aliphatic carbocycles. The molecule has 1 heterocycles. The lowest BCUT2D eigenvalue weighted by Crippen LogP contribution is -2.50. The van der Waals surface area contributed by atoms with Gasteiger partial charge in [0.15, 0.2) is 0 Å². The zero-order valence-electron chi connectivity index (χ0n) is 18.7. The van der Waals surface area contributed by atoms with Gasteiger partial charge in [0.1, 0.15) is 5.60 Å². The Kier molecular flexibility index (Phi) is 8.85. The van der Waals surface area contributed by atoms with E-state index < -0.39 is 13.4 Å². The Morgan fingerprint density at radius 2 is 1.39 bits per heavy atom. The Morgan fingerprint density at radius 1 is 0.903 bits per heavy atom. The number of phosphoric acid groups is 1. The number of hydrogen-bond donors (Lipinski definition) is 0. The first kappa shape index (κ1) is 24.1. The van der Waals surface area contributed by atoms with Crippen LogP contribution in [0.5, 0.6) is 0 Å². The summed E-state index contributed by atoms with van der Waals surface area (Å²) in [5.41, 5.74) is 1.11. The summed E-state index contributed by atoms with van der Waals surface area (Å²) in [7, 11) is -2.22. The molecule has 1 aliphatic rings. The Bertz CT molecular complexity index is 775. The molecule has 0 spiro atoms. The van der Waals surface area contributed by atoms with Crippen molar-refractivity contribution >= 4 is 7.82 Å². The smallest absolute Gasteiger partial charge is 0.382 e. The van der Waals surface area contributed by atoms with Crippen molar-refractivity contribution in [3.63, 3.8) is 0 Å². The van der Waals surface area contributed by atoms with Gasteiger partial charge in [0.2, 0.25) is 0 Å². The maximum absolute atomic E-state index is 13.8. The molecule has 0 radical (unpaired) electrons. The molecule has 0 unspecified atom stereocenters. The summed E-state index contributed by atoms with van der Waals surface area (Å²) in [6, 6.07) is 19.7. The minimum absolute atomic E-state index is 0.147. The third-order valence-electron chi connectivity index (χ3n) is 5.62. The highest BCUT2D eigenvalue weighted by Crippen LogP contribution is 2.55. The van der Waals surface area contributed by atoms with Crippen molar-refractivity contribution in [3.8, 4) is 0 Å². The monoisotopic (exact) mass is 447 g/mol. The molecule has 170 valence electrons. The second-order valence-electron chi connectivity index (χ2n) is 8.30. The van der Waals surface area contributed by atoms with Gasteiger partial charge in [-0.3, -0.25) is 13.6 Å². The Balaban J connectivity index is 1.75. The van der Waals surface area contributed by atoms with E-state index in [9.17, 15) is 4.57 Å². The number of piperidine rings is 1. The van der Waals surface area contributed by atoms with Crippen LogP contribution in [-0.2, 0) is 36.1 Å². The summed E-state index contributed by atoms with van der Waals surface area (Å²) in [6.45, 7) is 6.69. The number of hydrogen-bond acceptors (Lipinski definition) is 6. The van der Waals surface area contributed by atoms with Gasteiger partial charge < -0.3 is 9.64 Å². The van der Waals surface area contributed by atoms with Crippen molar-refractivity contribution in [3.05, 3.63) is 71.8 Å². The molecule has 7 heteroatoms. The van der Waals surface area contributed by atoms with Crippen LogP contribution in [0.15, 0.2) is 60.7 Å². The second-order valence-corrected chi connectivity index (χ2v) is 9.90. The molecule has 31 heavy (non-hydrogen) atoms. The quantitative estimate of drug-likeness (QED) is 0.428. The predicted molar refractivity (Wildman–Crippen MR) is 122 cm³/mol. The third-order valence-corrected chi connectivity index (χ3v) is 7.12. The zero-order valence-corrected chi connectivity index (χ0v) is 19.6. The minimum atomic E-state index is -3.86. The highest BCUT2D eigenvalue weighted by atomic mass is 31.2. The van der Waals surface area contributed by atoms with Gasteiger partial charge in [-0.1, -0.05) is 60.7 Å². The van der Waals surface area contributed by atoms with Gasteiger partial charge in [-0.25, -0.2) is 4.57 Å². The number of likely N-dealkylation sites (tertiary alicyclic amines) is 1. The van der Waals surface area contributed by atoms with Gasteiger partial charge >= 0.3 is 7.82 Å². The van der Waals surface area contributed by atoms with Crippen molar-refractivity contribution in [2.45, 2.75) is 51.5 Å². The average molecular weight is 448 g/mol. The molecule has 2 aromatic rings. The Morgan fingerprint density at radius 3 is 1.81 bits per heavy atom. The van der Waals surface area contributed by atoms with Crippen LogP contribution in [0.4, 0.5) is 0 Å². The van der Waals surface area contributed by atoms with Gasteiger partial charge in [-0.05, 0) is 37.8 Å². The van der Waals surface area contributed by atoms with Gasteiger partial charge in [-0.2, -0.15) is 0 Å². The third kappa shape index (κ3) is 7.25. The van der Waals surface area contributed by atoms with E-state index >= 15 is 0 Å². The van der Waals surface area contributed by atoms with E-state index in [4.69, 9.17) is 18.3 Å². The molecule has 0 aromatic heterocycles. The number of benzene rings is 2. The molecule has 3 rings (SSSR count). The molecule has 1 aliphatic heterocycles. The number of ether oxygens (including phenoxy) is 1. The van der Waals surface area contributed by atoms with Crippen molar-refractivity contribution in [1.82, 2.24) is 4.90 Å². The first-order valence-electron chi connectivity index (χ1n) is 10.8. The number of rotatable bonds is 11. The molecule has 1 fully saturated rings. The topological polar surface area (TPSA) is 57.2 Å². The van der Waals surface area contributed by atoms with E-state index in [0.717, 1.165) is 24.2 Å². The molecule has 6 nitrogen and oxygen atoms in total. The number of methoxy groups -OCH3 is 1. The first-order chi connectivity index (χ1) is 14.9. The van der Waals surface area contributed by atoms with Crippen LogP contribution in [0.2, 0.25) is 0 Å². The van der Waals surface area contributed by atoms with Crippen LogP contribution in [0.25, 0.3) is 0 Å². The normalized spacial score (nSPS) is 17.2. The lowest BCUT2D eigenvalue weighted by atomic mass is 9.92. The van der Waals surface area contributed by atoms with Crippen LogP contribution in [-0.4, -0.2) is 43.3 Å². The van der Waals surface area contributed by atoms with Crippen LogP contribution in [0.3, 0.4) is 0 Å². The van der Waals surface area contributed by atoms with Crippen molar-refractivity contribution in [2.24, 2.45) is 0 Å². The summed E-state index contributed by atoms with van der Waals surface area (Å²) in [5, 5.41) is 0. The lowest BCUT2D eigenvalue weighted by Gasteiger charge is -2.43. The highest BCUT2D eigenvalue weighted by molar-refractivity contribution is 7.48. The molecular formula is C24H34NO5P. The maximum Gasteiger partial charge on any atom is 0.476 e. The molecule has 1 saturated heterocycles. The van der Waals surface area contributed by atoms with E-state index in [1.165, 1.54) is 0 Å². The maximum atomic E-state index is 13.8. The van der Waals surface area contributed by atoms with Crippen LogP contribution in [0.1, 0.15) is 37.8 Å². The SMILES string of the molecule is COCC1(OP(=O)(OCc2ccccc2)OCc2ccccc2)CCN(C(C)C)CC1. The summed E-state index contributed by atoms with van der Waals surface area (Å²) in [6.07, 6.45) is 1.40.